The Kier molecular flexibility index (Phi) is 38.3. The normalized spacial score (nSPS) is 8.36. The van der Waals surface area contributed by atoms with Crippen LogP contribution in [0.5, 0.6) is 0 Å². The minimum atomic E-state index is 0. The van der Waals surface area contributed by atoms with Crippen LogP contribution in [0.25, 0.3) is 0 Å². The molecular formula is C18H34I3N4O2Rh. The van der Waals surface area contributed by atoms with E-state index in [1.165, 1.54) is 25.7 Å². The molecule has 0 unspecified atom stereocenters. The van der Waals surface area contributed by atoms with E-state index in [2.05, 4.69) is 109 Å². The van der Waals surface area contributed by atoms with Crippen molar-refractivity contribution in [1.82, 2.24) is 9.13 Å². The summed E-state index contributed by atoms with van der Waals surface area (Å²) in [5.41, 5.74) is 0. The summed E-state index contributed by atoms with van der Waals surface area (Å²) < 4.78 is 8.55. The molecule has 0 saturated heterocycles. The number of carbonyl (C=O) groups is 2. The zero-order valence-corrected chi connectivity index (χ0v) is 25.3. The van der Waals surface area contributed by atoms with Gasteiger partial charge in [0.25, 0.3) is 0 Å². The Bertz CT molecular complexity index is 496. The van der Waals surface area contributed by atoms with Crippen molar-refractivity contribution in [2.75, 3.05) is 0 Å². The van der Waals surface area contributed by atoms with Crippen LogP contribution in [0.2, 0.25) is 0 Å². The summed E-state index contributed by atoms with van der Waals surface area (Å²) in [5, 5.41) is 0. The van der Waals surface area contributed by atoms with Crippen molar-refractivity contribution in [3.63, 3.8) is 0 Å². The second-order valence-electron chi connectivity index (χ2n) is 5.39. The number of aryl methyl sites for hydroxylation is 4. The third-order valence-corrected chi connectivity index (χ3v) is 3.19. The Hall–Kier alpha value is 0.573. The fraction of sp³-hybridized carbons (Fsp3) is 0.556. The van der Waals surface area contributed by atoms with Crippen molar-refractivity contribution in [2.24, 2.45) is 14.1 Å². The van der Waals surface area contributed by atoms with Gasteiger partial charge >= 0.3 is 49.6 Å². The van der Waals surface area contributed by atoms with Crippen LogP contribution in [0.4, 0.5) is 0 Å². The molecule has 0 aromatic carbocycles. The van der Waals surface area contributed by atoms with Crippen molar-refractivity contribution >= 4 is 53.1 Å². The third-order valence-electron chi connectivity index (χ3n) is 3.19. The molecule has 0 fully saturated rings. The first-order chi connectivity index (χ1) is 13.1. The second kappa shape index (κ2) is 29.8. The molecule has 0 aliphatic heterocycles. The quantitative estimate of drug-likeness (QED) is 0.244. The standard InChI is InChI=1S/2C8H15N2.2CH2O.3HI.Rh/c2*1-3-4-5-10-7-6-9(2)8-10;2*1-2;;;;/h2*6-8H,3-5H2,1-2H3;2*1H2;3*1H;/q2*+1;;;;;;+1/p-3. The van der Waals surface area contributed by atoms with Gasteiger partial charge in [0.2, 0.25) is 12.7 Å². The first kappa shape index (κ1) is 36.0. The van der Waals surface area contributed by atoms with Crippen LogP contribution in [0.3, 0.4) is 0 Å². The van der Waals surface area contributed by atoms with E-state index in [4.69, 9.17) is 9.59 Å². The zero-order valence-electron chi connectivity index (χ0n) is 17.2. The van der Waals surface area contributed by atoms with E-state index in [0.717, 1.165) is 23.2 Å². The molecule has 6 nitrogen and oxygen atoms in total. The van der Waals surface area contributed by atoms with Gasteiger partial charge in [-0.05, 0) is 12.8 Å². The van der Waals surface area contributed by atoms with E-state index in [1.807, 2.05) is 27.7 Å². The first-order valence-electron chi connectivity index (χ1n) is 8.50. The number of carbonyl (C=O) groups excluding carboxylic acids is 2. The summed E-state index contributed by atoms with van der Waals surface area (Å²) in [7, 11) is 4.86. The van der Waals surface area contributed by atoms with Crippen molar-refractivity contribution < 1.29 is 52.8 Å². The van der Waals surface area contributed by atoms with Gasteiger partial charge in [-0.15, -0.1) is 0 Å². The predicted molar refractivity (Wildman–Crippen MR) is 123 cm³/mol. The van der Waals surface area contributed by atoms with Crippen molar-refractivity contribution in [2.45, 2.75) is 52.6 Å². The predicted octanol–water partition coefficient (Wildman–Crippen LogP) is 0.629. The Labute approximate surface area is 216 Å². The maximum absolute atomic E-state index is 8.00. The van der Waals surface area contributed by atoms with Crippen LogP contribution in [0.1, 0.15) is 39.5 Å². The molecule has 0 bridgehead atoms. The number of halogens is 3. The summed E-state index contributed by atoms with van der Waals surface area (Å²) in [4.78, 5) is 16.0. The van der Waals surface area contributed by atoms with Crippen LogP contribution in [0.15, 0.2) is 37.4 Å². The van der Waals surface area contributed by atoms with E-state index < -0.39 is 0 Å². The molecule has 168 valence electrons. The molecule has 0 radical (unpaired) electrons. The number of rotatable bonds is 6. The first-order valence-corrected chi connectivity index (χ1v) is 18.3. The molecule has 0 spiro atoms. The molecule has 10 heteroatoms. The summed E-state index contributed by atoms with van der Waals surface area (Å²) >= 11 is 4.69. The van der Waals surface area contributed by atoms with Crippen molar-refractivity contribution in [3.8, 4) is 0 Å². The van der Waals surface area contributed by atoms with Crippen LogP contribution in [-0.4, -0.2) is 22.7 Å². The molecule has 2 aromatic heterocycles. The summed E-state index contributed by atoms with van der Waals surface area (Å²) in [6.07, 6.45) is 17.6. The average molecular weight is 822 g/mol. The SMILES string of the molecule is C=O.C=O.CCCCn1cc[n+](C)c1.CCCCn1cc[n+](C)c1.[I-].[I][Rh-][I]. The van der Waals surface area contributed by atoms with Gasteiger partial charge in [0.15, 0.2) is 0 Å². The molecule has 0 amide bonds. The fourth-order valence-corrected chi connectivity index (χ4v) is 1.95. The molecular weight excluding hydrogens is 788 g/mol. The molecule has 28 heavy (non-hydrogen) atoms. The third kappa shape index (κ3) is 24.6. The Morgan fingerprint density at radius 3 is 1.29 bits per heavy atom. The molecule has 2 rings (SSSR count). The Morgan fingerprint density at radius 1 is 0.821 bits per heavy atom. The average Bonchev–Trinajstić information content (AvgIpc) is 3.30. The summed E-state index contributed by atoms with van der Waals surface area (Å²) in [5.74, 6) is 0. The molecule has 2 heterocycles. The van der Waals surface area contributed by atoms with Gasteiger partial charge in [-0.25, -0.2) is 18.3 Å². The van der Waals surface area contributed by atoms with E-state index in [9.17, 15) is 0 Å². The fourth-order valence-electron chi connectivity index (χ4n) is 1.95. The molecule has 2 aromatic rings. The maximum atomic E-state index is 8.00. The van der Waals surface area contributed by atoms with E-state index in [0.29, 0.717) is 0 Å². The van der Waals surface area contributed by atoms with Gasteiger partial charge in [0, 0.05) is 0 Å². The minimum absolute atomic E-state index is 0. The second-order valence-corrected chi connectivity index (χ2v) is 18.0. The van der Waals surface area contributed by atoms with Crippen LogP contribution in [0, 0.1) is 0 Å². The van der Waals surface area contributed by atoms with Crippen LogP contribution >= 0.6 is 39.5 Å². The van der Waals surface area contributed by atoms with Crippen LogP contribution in [-0.2, 0) is 46.9 Å². The summed E-state index contributed by atoms with van der Waals surface area (Å²) in [6.45, 7) is 10.7. The number of hydrogen-bond donors (Lipinski definition) is 0. The van der Waals surface area contributed by atoms with Crippen molar-refractivity contribution in [3.05, 3.63) is 37.4 Å². The summed E-state index contributed by atoms with van der Waals surface area (Å²) in [6, 6.07) is 0. The van der Waals surface area contributed by atoms with E-state index in [-0.39, 0.29) is 24.0 Å². The molecule has 0 aliphatic carbocycles. The molecule has 0 atom stereocenters. The molecule has 0 aliphatic rings. The zero-order chi connectivity index (χ0) is 21.5. The number of hydrogen-bond acceptors (Lipinski definition) is 2. The number of unbranched alkanes of at least 4 members (excludes halogenated alkanes) is 2. The van der Waals surface area contributed by atoms with Gasteiger partial charge < -0.3 is 33.6 Å². The number of aromatic nitrogens is 4. The van der Waals surface area contributed by atoms with E-state index in [1.54, 1.807) is 0 Å². The van der Waals surface area contributed by atoms with Gasteiger partial charge in [0.1, 0.15) is 38.4 Å². The van der Waals surface area contributed by atoms with Gasteiger partial charge in [-0.3, -0.25) is 0 Å². The molecule has 0 N–H and O–H groups in total. The van der Waals surface area contributed by atoms with Crippen molar-refractivity contribution in [1.29, 1.82) is 0 Å². The molecule has 0 saturated carbocycles. The topological polar surface area (TPSA) is 51.8 Å². The van der Waals surface area contributed by atoms with E-state index >= 15 is 0 Å². The van der Waals surface area contributed by atoms with Gasteiger partial charge in [-0.2, -0.15) is 0 Å². The number of imidazole rings is 2. The Morgan fingerprint density at radius 2 is 1.11 bits per heavy atom. The van der Waals surface area contributed by atoms with Gasteiger partial charge in [0.05, 0.1) is 27.2 Å². The van der Waals surface area contributed by atoms with Gasteiger partial charge in [-0.1, -0.05) is 26.7 Å². The van der Waals surface area contributed by atoms with Crippen LogP contribution < -0.4 is 33.1 Å². The number of nitrogens with zero attached hydrogens (tertiary/aromatic N) is 4. The monoisotopic (exact) mass is 822 g/mol. The Balaban J connectivity index is -0.000000152.